The molecule has 1 rings (SSSR count). The first-order chi connectivity index (χ1) is 11.8. The fourth-order valence-electron chi connectivity index (χ4n) is 2.57. The predicted octanol–water partition coefficient (Wildman–Crippen LogP) is 6.07. The summed E-state index contributed by atoms with van der Waals surface area (Å²) in [6, 6.07) is 7.63. The van der Waals surface area contributed by atoms with E-state index >= 15 is 0 Å². The van der Waals surface area contributed by atoms with Gasteiger partial charge in [0, 0.05) is 0 Å². The van der Waals surface area contributed by atoms with E-state index in [-0.39, 0.29) is 0 Å². The molecule has 24 heavy (non-hydrogen) atoms. The van der Waals surface area contributed by atoms with Crippen molar-refractivity contribution in [2.45, 2.75) is 77.6 Å². The van der Waals surface area contributed by atoms with Crippen LogP contribution in [-0.2, 0) is 16.2 Å². The van der Waals surface area contributed by atoms with Gasteiger partial charge in [0.15, 0.2) is 0 Å². The summed E-state index contributed by atoms with van der Waals surface area (Å²) in [7, 11) is 0. The van der Waals surface area contributed by atoms with Gasteiger partial charge >= 0.3 is 5.97 Å². The molecule has 0 aliphatic heterocycles. The van der Waals surface area contributed by atoms with Crippen LogP contribution < -0.4 is 0 Å². The van der Waals surface area contributed by atoms with Crippen LogP contribution in [-0.4, -0.2) is 12.6 Å². The summed E-state index contributed by atoms with van der Waals surface area (Å²) in [5, 5.41) is 0. The molecule has 1 aromatic carbocycles. The first-order valence-corrected chi connectivity index (χ1v) is 9.50. The van der Waals surface area contributed by atoms with Crippen LogP contribution in [0.5, 0.6) is 0 Å². The van der Waals surface area contributed by atoms with Crippen LogP contribution in [0.2, 0.25) is 0 Å². The SMILES string of the molecule is [CH2]CCCCCCCCOOC(=O)c1ccc(CCCCC)cc1. The first kappa shape index (κ1) is 20.7. The quantitative estimate of drug-likeness (QED) is 0.235. The van der Waals surface area contributed by atoms with E-state index in [9.17, 15) is 4.79 Å². The van der Waals surface area contributed by atoms with Gasteiger partial charge in [0.25, 0.3) is 0 Å². The van der Waals surface area contributed by atoms with Crippen molar-refractivity contribution >= 4 is 5.97 Å². The van der Waals surface area contributed by atoms with Gasteiger partial charge < -0.3 is 0 Å². The highest BCUT2D eigenvalue weighted by Crippen LogP contribution is 2.11. The molecule has 0 aromatic heterocycles. The Morgan fingerprint density at radius 2 is 1.58 bits per heavy atom. The number of carbonyl (C=O) groups is 1. The molecule has 135 valence electrons. The van der Waals surface area contributed by atoms with Gasteiger partial charge in [-0.1, -0.05) is 77.3 Å². The minimum Gasteiger partial charge on any atom is -0.293 e. The summed E-state index contributed by atoms with van der Waals surface area (Å²) in [4.78, 5) is 21.8. The molecule has 0 fully saturated rings. The van der Waals surface area contributed by atoms with Crippen molar-refractivity contribution in [3.05, 3.63) is 42.3 Å². The highest BCUT2D eigenvalue weighted by molar-refractivity contribution is 5.88. The molecule has 0 bridgehead atoms. The summed E-state index contributed by atoms with van der Waals surface area (Å²) in [5.74, 6) is -0.412. The zero-order chi connectivity index (χ0) is 17.5. The Bertz CT molecular complexity index is 425. The maximum Gasteiger partial charge on any atom is 0.373 e. The van der Waals surface area contributed by atoms with Crippen LogP contribution in [0.4, 0.5) is 0 Å². The Morgan fingerprint density at radius 3 is 2.25 bits per heavy atom. The van der Waals surface area contributed by atoms with E-state index in [1.54, 1.807) is 0 Å². The maximum atomic E-state index is 11.9. The van der Waals surface area contributed by atoms with E-state index in [0.29, 0.717) is 12.2 Å². The van der Waals surface area contributed by atoms with Gasteiger partial charge in [0.05, 0.1) is 12.2 Å². The third-order valence-electron chi connectivity index (χ3n) is 4.12. The number of carbonyl (C=O) groups excluding carboxylic acids is 1. The van der Waals surface area contributed by atoms with Gasteiger partial charge in [0.2, 0.25) is 0 Å². The molecule has 0 saturated heterocycles. The number of aryl methyl sites for hydroxylation is 1. The van der Waals surface area contributed by atoms with E-state index < -0.39 is 5.97 Å². The molecule has 0 N–H and O–H groups in total. The molecule has 0 aliphatic rings. The van der Waals surface area contributed by atoms with Crippen LogP contribution in [0.1, 0.15) is 87.1 Å². The van der Waals surface area contributed by atoms with Crippen molar-refractivity contribution in [1.29, 1.82) is 0 Å². The Labute approximate surface area is 147 Å². The van der Waals surface area contributed by atoms with Gasteiger partial charge in [-0.2, -0.15) is 4.89 Å². The van der Waals surface area contributed by atoms with Gasteiger partial charge in [-0.05, 0) is 37.0 Å². The Balaban J connectivity index is 2.10. The first-order valence-electron chi connectivity index (χ1n) is 9.50. The van der Waals surface area contributed by atoms with E-state index in [1.165, 1.54) is 50.5 Å². The van der Waals surface area contributed by atoms with Gasteiger partial charge in [-0.15, -0.1) is 0 Å². The number of hydrogen-bond donors (Lipinski definition) is 0. The molecule has 0 aliphatic carbocycles. The molecule has 1 aromatic rings. The largest absolute Gasteiger partial charge is 0.373 e. The summed E-state index contributed by atoms with van der Waals surface area (Å²) in [5.41, 5.74) is 1.81. The topological polar surface area (TPSA) is 35.5 Å². The third kappa shape index (κ3) is 9.71. The summed E-state index contributed by atoms with van der Waals surface area (Å²) in [6.45, 7) is 6.50. The van der Waals surface area contributed by atoms with E-state index in [4.69, 9.17) is 9.78 Å². The van der Waals surface area contributed by atoms with E-state index in [1.807, 2.05) is 24.3 Å². The maximum absolute atomic E-state index is 11.9. The average Bonchev–Trinajstić information content (AvgIpc) is 2.61. The van der Waals surface area contributed by atoms with Crippen LogP contribution in [0.3, 0.4) is 0 Å². The van der Waals surface area contributed by atoms with Crippen molar-refractivity contribution in [3.63, 3.8) is 0 Å². The van der Waals surface area contributed by atoms with Crippen molar-refractivity contribution < 1.29 is 14.6 Å². The lowest BCUT2D eigenvalue weighted by Gasteiger charge is -2.05. The lowest BCUT2D eigenvalue weighted by atomic mass is 10.1. The molecule has 0 spiro atoms. The van der Waals surface area contributed by atoms with Gasteiger partial charge in [-0.3, -0.25) is 4.89 Å². The second kappa shape index (κ2) is 14.0. The standard InChI is InChI=1S/C21H33O3/c1-3-5-7-8-9-10-12-18-23-24-21(22)20-16-14-19(15-17-20)13-11-6-4-2/h14-17H,1,3-13,18H2,2H3. The highest BCUT2D eigenvalue weighted by atomic mass is 17.2. The number of benzene rings is 1. The predicted molar refractivity (Wildman–Crippen MR) is 98.7 cm³/mol. The molecule has 0 atom stereocenters. The molecular weight excluding hydrogens is 300 g/mol. The molecule has 3 nitrogen and oxygen atoms in total. The molecule has 0 amide bonds. The Morgan fingerprint density at radius 1 is 0.917 bits per heavy atom. The zero-order valence-corrected chi connectivity index (χ0v) is 15.2. The lowest BCUT2D eigenvalue weighted by Crippen LogP contribution is -2.07. The molecule has 0 heterocycles. The second-order valence-electron chi connectivity index (χ2n) is 6.32. The number of rotatable bonds is 14. The average molecular weight is 333 g/mol. The zero-order valence-electron chi connectivity index (χ0n) is 15.2. The Hall–Kier alpha value is -1.35. The van der Waals surface area contributed by atoms with E-state index in [0.717, 1.165) is 25.7 Å². The van der Waals surface area contributed by atoms with Crippen molar-refractivity contribution in [2.75, 3.05) is 6.61 Å². The molecule has 0 unspecified atom stereocenters. The van der Waals surface area contributed by atoms with Crippen LogP contribution in [0.15, 0.2) is 24.3 Å². The van der Waals surface area contributed by atoms with Crippen LogP contribution >= 0.6 is 0 Å². The molecular formula is C21H33O3. The monoisotopic (exact) mass is 333 g/mol. The molecule has 3 heteroatoms. The fourth-order valence-corrected chi connectivity index (χ4v) is 2.57. The Kier molecular flexibility index (Phi) is 12.1. The summed E-state index contributed by atoms with van der Waals surface area (Å²) >= 11 is 0. The number of unbranched alkanes of at least 4 members (excludes halogenated alkanes) is 8. The highest BCUT2D eigenvalue weighted by Gasteiger charge is 2.08. The molecule has 1 radical (unpaired) electrons. The van der Waals surface area contributed by atoms with Gasteiger partial charge in [-0.25, -0.2) is 4.79 Å². The normalized spacial score (nSPS) is 10.8. The lowest BCUT2D eigenvalue weighted by molar-refractivity contribution is -0.241. The minimum absolute atomic E-state index is 0.412. The van der Waals surface area contributed by atoms with Crippen molar-refractivity contribution in [2.24, 2.45) is 0 Å². The smallest absolute Gasteiger partial charge is 0.293 e. The minimum atomic E-state index is -0.412. The van der Waals surface area contributed by atoms with Gasteiger partial charge in [0.1, 0.15) is 0 Å². The van der Waals surface area contributed by atoms with E-state index in [2.05, 4.69) is 13.8 Å². The fraction of sp³-hybridized carbons (Fsp3) is 0.619. The van der Waals surface area contributed by atoms with Crippen molar-refractivity contribution in [1.82, 2.24) is 0 Å². The molecule has 0 saturated carbocycles. The van der Waals surface area contributed by atoms with Crippen LogP contribution in [0, 0.1) is 6.92 Å². The summed E-state index contributed by atoms with van der Waals surface area (Å²) in [6.07, 6.45) is 12.7. The summed E-state index contributed by atoms with van der Waals surface area (Å²) < 4.78 is 0. The third-order valence-corrected chi connectivity index (χ3v) is 4.12. The van der Waals surface area contributed by atoms with Crippen molar-refractivity contribution in [3.8, 4) is 0 Å². The second-order valence-corrected chi connectivity index (χ2v) is 6.32. The number of hydrogen-bond acceptors (Lipinski definition) is 3. The van der Waals surface area contributed by atoms with Crippen LogP contribution in [0.25, 0.3) is 0 Å².